The summed E-state index contributed by atoms with van der Waals surface area (Å²) < 4.78 is 5.79. The molecule has 1 fully saturated rings. The SMILES string of the molecule is CC(C)Oc1ncccc1NC1CCCC(C)(C)CC1. The summed E-state index contributed by atoms with van der Waals surface area (Å²) in [4.78, 5) is 4.35. The lowest BCUT2D eigenvalue weighted by Crippen LogP contribution is -2.20. The number of anilines is 1. The molecule has 0 saturated heterocycles. The summed E-state index contributed by atoms with van der Waals surface area (Å²) >= 11 is 0. The number of hydrogen-bond donors (Lipinski definition) is 1. The molecular weight excluding hydrogens is 248 g/mol. The molecule has 0 spiro atoms. The van der Waals surface area contributed by atoms with E-state index in [1.54, 1.807) is 6.20 Å². The fraction of sp³-hybridized carbons (Fsp3) is 0.706. The molecule has 0 bridgehead atoms. The maximum Gasteiger partial charge on any atom is 0.237 e. The van der Waals surface area contributed by atoms with Gasteiger partial charge < -0.3 is 10.1 Å². The average molecular weight is 276 g/mol. The number of aromatic nitrogens is 1. The number of ether oxygens (including phenoxy) is 1. The van der Waals surface area contributed by atoms with Gasteiger partial charge in [0.15, 0.2) is 0 Å². The molecule has 20 heavy (non-hydrogen) atoms. The van der Waals surface area contributed by atoms with Crippen LogP contribution >= 0.6 is 0 Å². The van der Waals surface area contributed by atoms with Gasteiger partial charge in [-0.15, -0.1) is 0 Å². The molecule has 0 aromatic carbocycles. The first-order valence-corrected chi connectivity index (χ1v) is 7.84. The van der Waals surface area contributed by atoms with Crippen LogP contribution in [0.4, 0.5) is 5.69 Å². The van der Waals surface area contributed by atoms with Crippen molar-refractivity contribution in [1.29, 1.82) is 0 Å². The molecule has 112 valence electrons. The Morgan fingerprint density at radius 3 is 2.85 bits per heavy atom. The van der Waals surface area contributed by atoms with E-state index in [1.807, 2.05) is 19.9 Å². The van der Waals surface area contributed by atoms with Crippen LogP contribution in [0.15, 0.2) is 18.3 Å². The Balaban J connectivity index is 2.02. The average Bonchev–Trinajstić information content (AvgIpc) is 2.53. The second-order valence-electron chi connectivity index (χ2n) is 6.96. The molecule has 1 aliphatic rings. The molecule has 1 unspecified atom stereocenters. The van der Waals surface area contributed by atoms with Gasteiger partial charge in [0.1, 0.15) is 0 Å². The second kappa shape index (κ2) is 6.47. The third-order valence-electron chi connectivity index (χ3n) is 4.05. The van der Waals surface area contributed by atoms with E-state index >= 15 is 0 Å². The highest BCUT2D eigenvalue weighted by Gasteiger charge is 2.24. The normalized spacial score (nSPS) is 22.4. The molecule has 0 aliphatic heterocycles. The predicted octanol–water partition coefficient (Wildman–Crippen LogP) is 4.64. The van der Waals surface area contributed by atoms with Gasteiger partial charge in [0.05, 0.1) is 11.8 Å². The standard InChI is InChI=1S/C17H28N2O/c1-13(2)20-16-15(8-6-12-18-16)19-14-7-5-10-17(3,4)11-9-14/h6,8,12-14,19H,5,7,9-11H2,1-4H3. The van der Waals surface area contributed by atoms with Gasteiger partial charge in [-0.25, -0.2) is 4.98 Å². The Labute approximate surface area is 123 Å². The van der Waals surface area contributed by atoms with Gasteiger partial charge in [0.25, 0.3) is 0 Å². The quantitative estimate of drug-likeness (QED) is 0.813. The Hall–Kier alpha value is -1.25. The van der Waals surface area contributed by atoms with Crippen molar-refractivity contribution in [1.82, 2.24) is 4.98 Å². The fourth-order valence-electron chi connectivity index (χ4n) is 2.84. The van der Waals surface area contributed by atoms with Crippen LogP contribution < -0.4 is 10.1 Å². The highest BCUT2D eigenvalue weighted by atomic mass is 16.5. The fourth-order valence-corrected chi connectivity index (χ4v) is 2.84. The minimum atomic E-state index is 0.151. The summed E-state index contributed by atoms with van der Waals surface area (Å²) in [6.07, 6.45) is 8.31. The van der Waals surface area contributed by atoms with Gasteiger partial charge in [0.2, 0.25) is 5.88 Å². The first-order chi connectivity index (χ1) is 9.46. The van der Waals surface area contributed by atoms with Crippen molar-refractivity contribution in [3.05, 3.63) is 18.3 Å². The summed E-state index contributed by atoms with van der Waals surface area (Å²) in [6, 6.07) is 4.58. The lowest BCUT2D eigenvalue weighted by Gasteiger charge is -2.23. The van der Waals surface area contributed by atoms with Gasteiger partial charge in [0, 0.05) is 12.2 Å². The summed E-state index contributed by atoms with van der Waals surface area (Å²) in [5.74, 6) is 0.728. The number of nitrogens with one attached hydrogen (secondary N) is 1. The van der Waals surface area contributed by atoms with Crippen molar-refractivity contribution in [3.8, 4) is 5.88 Å². The van der Waals surface area contributed by atoms with E-state index in [0.717, 1.165) is 11.6 Å². The zero-order valence-electron chi connectivity index (χ0n) is 13.3. The molecule has 1 aromatic rings. The zero-order chi connectivity index (χ0) is 14.6. The van der Waals surface area contributed by atoms with Gasteiger partial charge in [-0.1, -0.05) is 20.3 Å². The maximum absolute atomic E-state index is 5.79. The van der Waals surface area contributed by atoms with E-state index < -0.39 is 0 Å². The monoisotopic (exact) mass is 276 g/mol. The van der Waals surface area contributed by atoms with Gasteiger partial charge in [-0.3, -0.25) is 0 Å². The summed E-state index contributed by atoms with van der Waals surface area (Å²) in [5.41, 5.74) is 1.52. The Morgan fingerprint density at radius 1 is 1.30 bits per heavy atom. The molecule has 0 radical (unpaired) electrons. The van der Waals surface area contributed by atoms with Crippen LogP contribution in [-0.2, 0) is 0 Å². The molecule has 1 saturated carbocycles. The van der Waals surface area contributed by atoms with E-state index in [9.17, 15) is 0 Å². The van der Waals surface area contributed by atoms with Crippen LogP contribution in [0.3, 0.4) is 0 Å². The van der Waals surface area contributed by atoms with Crippen molar-refractivity contribution < 1.29 is 4.74 Å². The third kappa shape index (κ3) is 4.39. The first-order valence-electron chi connectivity index (χ1n) is 7.84. The molecule has 1 aromatic heterocycles. The Morgan fingerprint density at radius 2 is 2.10 bits per heavy atom. The van der Waals surface area contributed by atoms with E-state index in [1.165, 1.54) is 32.1 Å². The van der Waals surface area contributed by atoms with E-state index in [0.29, 0.717) is 11.5 Å². The van der Waals surface area contributed by atoms with Crippen LogP contribution in [0.5, 0.6) is 5.88 Å². The predicted molar refractivity (Wildman–Crippen MR) is 84.3 cm³/mol. The lowest BCUT2D eigenvalue weighted by atomic mass is 9.85. The molecule has 2 rings (SSSR count). The van der Waals surface area contributed by atoms with Gasteiger partial charge in [-0.2, -0.15) is 0 Å². The summed E-state index contributed by atoms with van der Waals surface area (Å²) in [6.45, 7) is 8.83. The molecule has 1 N–H and O–H groups in total. The van der Waals surface area contributed by atoms with Crippen LogP contribution in [0.1, 0.15) is 59.8 Å². The molecule has 3 nitrogen and oxygen atoms in total. The van der Waals surface area contributed by atoms with Crippen molar-refractivity contribution in [2.45, 2.75) is 71.9 Å². The first kappa shape index (κ1) is 15.1. The van der Waals surface area contributed by atoms with Crippen LogP contribution in [0, 0.1) is 5.41 Å². The molecule has 1 aliphatic carbocycles. The van der Waals surface area contributed by atoms with E-state index in [4.69, 9.17) is 4.74 Å². The molecule has 1 atom stereocenters. The van der Waals surface area contributed by atoms with Crippen molar-refractivity contribution in [2.24, 2.45) is 5.41 Å². The minimum absolute atomic E-state index is 0.151. The van der Waals surface area contributed by atoms with Crippen LogP contribution in [0.2, 0.25) is 0 Å². The summed E-state index contributed by atoms with van der Waals surface area (Å²) in [5, 5.41) is 3.65. The second-order valence-corrected chi connectivity index (χ2v) is 6.96. The number of hydrogen-bond acceptors (Lipinski definition) is 3. The highest BCUT2D eigenvalue weighted by Crippen LogP contribution is 2.35. The molecule has 1 heterocycles. The van der Waals surface area contributed by atoms with Crippen molar-refractivity contribution >= 4 is 5.69 Å². The van der Waals surface area contributed by atoms with E-state index in [-0.39, 0.29) is 6.10 Å². The Kier molecular flexibility index (Phi) is 4.90. The number of pyridine rings is 1. The van der Waals surface area contributed by atoms with Crippen LogP contribution in [0.25, 0.3) is 0 Å². The smallest absolute Gasteiger partial charge is 0.237 e. The van der Waals surface area contributed by atoms with Gasteiger partial charge >= 0.3 is 0 Å². The minimum Gasteiger partial charge on any atom is -0.473 e. The topological polar surface area (TPSA) is 34.1 Å². The van der Waals surface area contributed by atoms with Gasteiger partial charge in [-0.05, 0) is 57.1 Å². The molecule has 0 amide bonds. The van der Waals surface area contributed by atoms with Crippen molar-refractivity contribution in [2.75, 3.05) is 5.32 Å². The van der Waals surface area contributed by atoms with Crippen LogP contribution in [-0.4, -0.2) is 17.1 Å². The maximum atomic E-state index is 5.79. The number of rotatable bonds is 4. The highest BCUT2D eigenvalue weighted by molar-refractivity contribution is 5.52. The van der Waals surface area contributed by atoms with E-state index in [2.05, 4.69) is 30.2 Å². The zero-order valence-corrected chi connectivity index (χ0v) is 13.3. The van der Waals surface area contributed by atoms with Crippen molar-refractivity contribution in [3.63, 3.8) is 0 Å². The third-order valence-corrected chi connectivity index (χ3v) is 4.05. The summed E-state index contributed by atoms with van der Waals surface area (Å²) in [7, 11) is 0. The molecular formula is C17H28N2O. The largest absolute Gasteiger partial charge is 0.473 e. The Bertz CT molecular complexity index is 429. The number of nitrogens with zero attached hydrogens (tertiary/aromatic N) is 1. The lowest BCUT2D eigenvalue weighted by molar-refractivity contribution is 0.233. The molecule has 3 heteroatoms.